The standard InChI is InChI=1S/C23H30N4O2/c1-27(2)21-10-6-7-17(15-21)16-24-23(29)26-20-13-11-18(12-14-20)22(28)25-19-8-4-3-5-9-19/h6-7,10-15,19H,3-5,8-9,16H2,1-2H3,(H,25,28)(H2,24,26,29). The highest BCUT2D eigenvalue weighted by molar-refractivity contribution is 5.95. The van der Waals surface area contributed by atoms with Gasteiger partial charge in [-0.25, -0.2) is 4.79 Å². The van der Waals surface area contributed by atoms with Gasteiger partial charge in [-0.05, 0) is 54.8 Å². The fraction of sp³-hybridized carbons (Fsp3) is 0.391. The summed E-state index contributed by atoms with van der Waals surface area (Å²) in [7, 11) is 3.97. The van der Waals surface area contributed by atoms with Gasteiger partial charge in [0.15, 0.2) is 0 Å². The molecule has 1 aliphatic carbocycles. The largest absolute Gasteiger partial charge is 0.378 e. The maximum absolute atomic E-state index is 12.4. The Balaban J connectivity index is 1.48. The third-order valence-corrected chi connectivity index (χ3v) is 5.23. The van der Waals surface area contributed by atoms with Crippen molar-refractivity contribution in [3.05, 3.63) is 59.7 Å². The smallest absolute Gasteiger partial charge is 0.319 e. The lowest BCUT2D eigenvalue weighted by molar-refractivity contribution is 0.0927. The van der Waals surface area contributed by atoms with Gasteiger partial charge in [-0.3, -0.25) is 4.79 Å². The molecule has 0 bridgehead atoms. The first kappa shape index (κ1) is 20.7. The molecule has 3 rings (SSSR count). The molecule has 0 aromatic heterocycles. The van der Waals surface area contributed by atoms with Crippen molar-refractivity contribution < 1.29 is 9.59 Å². The minimum Gasteiger partial charge on any atom is -0.378 e. The van der Waals surface area contributed by atoms with E-state index < -0.39 is 0 Å². The van der Waals surface area contributed by atoms with Gasteiger partial charge in [-0.1, -0.05) is 31.4 Å². The summed E-state index contributed by atoms with van der Waals surface area (Å²) < 4.78 is 0. The van der Waals surface area contributed by atoms with Gasteiger partial charge in [0.05, 0.1) is 0 Å². The van der Waals surface area contributed by atoms with E-state index in [4.69, 9.17) is 0 Å². The second kappa shape index (κ2) is 9.96. The number of carbonyl (C=O) groups is 2. The molecule has 0 radical (unpaired) electrons. The zero-order valence-corrected chi connectivity index (χ0v) is 17.2. The predicted molar refractivity (Wildman–Crippen MR) is 117 cm³/mol. The molecular weight excluding hydrogens is 364 g/mol. The van der Waals surface area contributed by atoms with Gasteiger partial charge >= 0.3 is 6.03 Å². The third-order valence-electron chi connectivity index (χ3n) is 5.23. The fourth-order valence-corrected chi connectivity index (χ4v) is 3.52. The molecule has 1 fully saturated rings. The number of anilines is 2. The van der Waals surface area contributed by atoms with Crippen LogP contribution in [0.15, 0.2) is 48.5 Å². The second-order valence-electron chi connectivity index (χ2n) is 7.76. The Labute approximate surface area is 172 Å². The molecule has 0 saturated heterocycles. The Morgan fingerprint density at radius 3 is 2.41 bits per heavy atom. The van der Waals surface area contributed by atoms with Gasteiger partial charge in [-0.2, -0.15) is 0 Å². The lowest BCUT2D eigenvalue weighted by Gasteiger charge is -2.22. The number of carbonyl (C=O) groups excluding carboxylic acids is 2. The van der Waals surface area contributed by atoms with E-state index in [0.717, 1.165) is 24.1 Å². The number of amides is 3. The number of urea groups is 1. The molecule has 1 aliphatic rings. The third kappa shape index (κ3) is 6.24. The van der Waals surface area contributed by atoms with Crippen molar-refractivity contribution in [3.8, 4) is 0 Å². The number of nitrogens with one attached hydrogen (secondary N) is 3. The molecule has 0 aliphatic heterocycles. The minimum atomic E-state index is -0.278. The van der Waals surface area contributed by atoms with Crippen LogP contribution in [-0.2, 0) is 6.54 Å². The van der Waals surface area contributed by atoms with E-state index in [-0.39, 0.29) is 18.0 Å². The molecule has 0 unspecified atom stereocenters. The molecule has 0 heterocycles. The normalized spacial score (nSPS) is 14.1. The molecule has 29 heavy (non-hydrogen) atoms. The van der Waals surface area contributed by atoms with Crippen molar-refractivity contribution in [1.29, 1.82) is 0 Å². The van der Waals surface area contributed by atoms with Gasteiger partial charge in [0.1, 0.15) is 0 Å². The fourth-order valence-electron chi connectivity index (χ4n) is 3.52. The van der Waals surface area contributed by atoms with Crippen LogP contribution in [0.4, 0.5) is 16.2 Å². The van der Waals surface area contributed by atoms with Crippen LogP contribution in [0.3, 0.4) is 0 Å². The average Bonchev–Trinajstić information content (AvgIpc) is 2.73. The summed E-state index contributed by atoms with van der Waals surface area (Å²) in [6.45, 7) is 0.440. The first-order valence-electron chi connectivity index (χ1n) is 10.2. The van der Waals surface area contributed by atoms with Gasteiger partial charge in [-0.15, -0.1) is 0 Å². The summed E-state index contributed by atoms with van der Waals surface area (Å²) in [5.74, 6) is -0.0475. The molecule has 3 N–H and O–H groups in total. The van der Waals surface area contributed by atoms with E-state index >= 15 is 0 Å². The summed E-state index contributed by atoms with van der Waals surface area (Å²) in [5, 5.41) is 8.77. The summed E-state index contributed by atoms with van der Waals surface area (Å²) in [6.07, 6.45) is 5.74. The Bertz CT molecular complexity index is 827. The Hall–Kier alpha value is -3.02. The maximum atomic E-state index is 12.4. The van der Waals surface area contributed by atoms with E-state index in [2.05, 4.69) is 16.0 Å². The second-order valence-corrected chi connectivity index (χ2v) is 7.76. The first-order valence-corrected chi connectivity index (χ1v) is 10.2. The van der Waals surface area contributed by atoms with Gasteiger partial charge in [0.25, 0.3) is 5.91 Å². The van der Waals surface area contributed by atoms with E-state index in [0.29, 0.717) is 17.8 Å². The lowest BCUT2D eigenvalue weighted by atomic mass is 9.95. The Morgan fingerprint density at radius 1 is 1.00 bits per heavy atom. The monoisotopic (exact) mass is 394 g/mol. The topological polar surface area (TPSA) is 73.5 Å². The van der Waals surface area contributed by atoms with Gasteiger partial charge in [0, 0.05) is 43.6 Å². The molecule has 154 valence electrons. The first-order chi connectivity index (χ1) is 14.0. The van der Waals surface area contributed by atoms with Crippen molar-refractivity contribution >= 4 is 23.3 Å². The highest BCUT2D eigenvalue weighted by Gasteiger charge is 2.16. The Kier molecular flexibility index (Phi) is 7.11. The predicted octanol–water partition coefficient (Wildman–Crippen LogP) is 4.14. The number of hydrogen-bond donors (Lipinski definition) is 3. The molecule has 2 aromatic rings. The number of hydrogen-bond acceptors (Lipinski definition) is 3. The number of rotatable bonds is 6. The number of nitrogens with zero attached hydrogens (tertiary/aromatic N) is 1. The molecule has 6 nitrogen and oxygen atoms in total. The van der Waals surface area contributed by atoms with Crippen molar-refractivity contribution in [1.82, 2.24) is 10.6 Å². The SMILES string of the molecule is CN(C)c1cccc(CNC(=O)Nc2ccc(C(=O)NC3CCCCC3)cc2)c1. The van der Waals surface area contributed by atoms with E-state index in [1.807, 2.05) is 43.3 Å². The average molecular weight is 395 g/mol. The molecule has 0 atom stereocenters. The van der Waals surface area contributed by atoms with E-state index in [1.54, 1.807) is 24.3 Å². The van der Waals surface area contributed by atoms with Crippen LogP contribution in [-0.4, -0.2) is 32.1 Å². The maximum Gasteiger partial charge on any atom is 0.319 e. The molecule has 6 heteroatoms. The summed E-state index contributed by atoms with van der Waals surface area (Å²) >= 11 is 0. The van der Waals surface area contributed by atoms with Crippen LogP contribution in [0.2, 0.25) is 0 Å². The summed E-state index contributed by atoms with van der Waals surface area (Å²) in [5.41, 5.74) is 3.38. The Morgan fingerprint density at radius 2 is 1.72 bits per heavy atom. The zero-order valence-electron chi connectivity index (χ0n) is 17.2. The lowest BCUT2D eigenvalue weighted by Crippen LogP contribution is -2.36. The van der Waals surface area contributed by atoms with Crippen LogP contribution in [0.1, 0.15) is 48.0 Å². The zero-order chi connectivity index (χ0) is 20.6. The van der Waals surface area contributed by atoms with Crippen molar-refractivity contribution in [3.63, 3.8) is 0 Å². The molecular formula is C23H30N4O2. The summed E-state index contributed by atoms with van der Waals surface area (Å²) in [4.78, 5) is 26.6. The number of benzene rings is 2. The minimum absolute atomic E-state index is 0.0475. The van der Waals surface area contributed by atoms with Gasteiger partial charge in [0.2, 0.25) is 0 Å². The summed E-state index contributed by atoms with van der Waals surface area (Å²) in [6, 6.07) is 15.0. The van der Waals surface area contributed by atoms with E-state index in [9.17, 15) is 9.59 Å². The van der Waals surface area contributed by atoms with Crippen LogP contribution in [0.25, 0.3) is 0 Å². The quantitative estimate of drug-likeness (QED) is 0.689. The van der Waals surface area contributed by atoms with Crippen molar-refractivity contribution in [2.24, 2.45) is 0 Å². The van der Waals surface area contributed by atoms with Crippen LogP contribution in [0.5, 0.6) is 0 Å². The van der Waals surface area contributed by atoms with Crippen LogP contribution in [0, 0.1) is 0 Å². The highest BCUT2D eigenvalue weighted by Crippen LogP contribution is 2.18. The molecule has 3 amide bonds. The highest BCUT2D eigenvalue weighted by atomic mass is 16.2. The van der Waals surface area contributed by atoms with Crippen LogP contribution >= 0.6 is 0 Å². The molecule has 2 aromatic carbocycles. The van der Waals surface area contributed by atoms with Crippen LogP contribution < -0.4 is 20.9 Å². The van der Waals surface area contributed by atoms with Crippen molar-refractivity contribution in [2.45, 2.75) is 44.7 Å². The molecule has 1 saturated carbocycles. The van der Waals surface area contributed by atoms with E-state index in [1.165, 1.54) is 19.3 Å². The van der Waals surface area contributed by atoms with Gasteiger partial charge < -0.3 is 20.9 Å². The van der Waals surface area contributed by atoms with Crippen molar-refractivity contribution in [2.75, 3.05) is 24.3 Å². The molecule has 0 spiro atoms.